The second kappa shape index (κ2) is 7.18. The second-order valence-corrected chi connectivity index (χ2v) is 7.44. The molecule has 1 unspecified atom stereocenters. The number of carbonyl (C=O) groups excluding carboxylic acids is 1. The highest BCUT2D eigenvalue weighted by Crippen LogP contribution is 2.30. The summed E-state index contributed by atoms with van der Waals surface area (Å²) >= 11 is 0. The minimum absolute atomic E-state index is 0.158. The summed E-state index contributed by atoms with van der Waals surface area (Å²) < 4.78 is 3.72. The quantitative estimate of drug-likeness (QED) is 0.583. The maximum Gasteiger partial charge on any atom is 0.255 e. The Morgan fingerprint density at radius 1 is 1.17 bits per heavy atom. The van der Waals surface area contributed by atoms with Crippen LogP contribution in [0, 0.1) is 0 Å². The number of likely N-dealkylation sites (tertiary alicyclic amines) is 1. The Bertz CT molecular complexity index is 1160. The molecular formula is C22H22N6O. The number of nitrogens with zero attached hydrogens (tertiary/aromatic N) is 5. The lowest BCUT2D eigenvalue weighted by molar-refractivity contribution is 0.102. The van der Waals surface area contributed by atoms with Gasteiger partial charge in [-0.2, -0.15) is 5.10 Å². The molecule has 4 aromatic rings. The van der Waals surface area contributed by atoms with Crippen molar-refractivity contribution in [2.24, 2.45) is 0 Å². The fourth-order valence-electron chi connectivity index (χ4n) is 3.94. The van der Waals surface area contributed by atoms with E-state index in [1.165, 1.54) is 6.42 Å². The van der Waals surface area contributed by atoms with E-state index in [9.17, 15) is 4.79 Å². The van der Waals surface area contributed by atoms with Crippen molar-refractivity contribution in [3.8, 4) is 5.69 Å². The van der Waals surface area contributed by atoms with Gasteiger partial charge >= 0.3 is 0 Å². The van der Waals surface area contributed by atoms with Crippen LogP contribution in [0.4, 0.5) is 5.69 Å². The Balaban J connectivity index is 1.37. The van der Waals surface area contributed by atoms with E-state index in [1.807, 2.05) is 53.2 Å². The largest absolute Gasteiger partial charge is 0.321 e. The average molecular weight is 386 g/mol. The number of anilines is 1. The number of rotatable bonds is 4. The number of amides is 1. The van der Waals surface area contributed by atoms with Gasteiger partial charge in [-0.05, 0) is 62.8 Å². The molecule has 5 rings (SSSR count). The Labute approximate surface area is 168 Å². The first-order valence-electron chi connectivity index (χ1n) is 9.78. The van der Waals surface area contributed by atoms with Crippen LogP contribution in [-0.4, -0.2) is 43.6 Å². The molecule has 1 N–H and O–H groups in total. The normalized spacial score (nSPS) is 17.1. The van der Waals surface area contributed by atoms with Gasteiger partial charge in [-0.25, -0.2) is 9.67 Å². The maximum atomic E-state index is 12.8. The van der Waals surface area contributed by atoms with Crippen LogP contribution < -0.4 is 5.32 Å². The molecule has 7 nitrogen and oxygen atoms in total. The predicted octanol–water partition coefficient (Wildman–Crippen LogP) is 3.54. The monoisotopic (exact) mass is 386 g/mol. The second-order valence-electron chi connectivity index (χ2n) is 7.44. The number of carbonyl (C=O) groups is 1. The molecule has 0 bridgehead atoms. The summed E-state index contributed by atoms with van der Waals surface area (Å²) in [5.41, 5.74) is 4.13. The van der Waals surface area contributed by atoms with Gasteiger partial charge in [0.25, 0.3) is 5.91 Å². The lowest BCUT2D eigenvalue weighted by Crippen LogP contribution is -2.17. The summed E-state index contributed by atoms with van der Waals surface area (Å²) in [6.45, 7) is 1.11. The van der Waals surface area contributed by atoms with Crippen LogP contribution in [0.25, 0.3) is 11.3 Å². The van der Waals surface area contributed by atoms with Crippen molar-refractivity contribution in [2.45, 2.75) is 18.9 Å². The highest BCUT2D eigenvalue weighted by molar-refractivity contribution is 6.04. The van der Waals surface area contributed by atoms with E-state index in [0.717, 1.165) is 35.7 Å². The number of benzene rings is 1. The minimum atomic E-state index is -0.158. The van der Waals surface area contributed by atoms with Crippen molar-refractivity contribution in [1.82, 2.24) is 24.1 Å². The summed E-state index contributed by atoms with van der Waals surface area (Å²) in [6.07, 6.45) is 9.88. The van der Waals surface area contributed by atoms with Crippen LogP contribution >= 0.6 is 0 Å². The van der Waals surface area contributed by atoms with E-state index in [2.05, 4.69) is 28.6 Å². The molecule has 1 aliphatic rings. The molecule has 29 heavy (non-hydrogen) atoms. The zero-order valence-corrected chi connectivity index (χ0v) is 16.2. The number of pyridine rings is 1. The van der Waals surface area contributed by atoms with Gasteiger partial charge in [0.05, 0.1) is 23.1 Å². The fraction of sp³-hybridized carbons (Fsp3) is 0.227. The van der Waals surface area contributed by atoms with Gasteiger partial charge in [0.2, 0.25) is 0 Å². The lowest BCUT2D eigenvalue weighted by atomic mass is 10.2. The third-order valence-corrected chi connectivity index (χ3v) is 5.47. The van der Waals surface area contributed by atoms with Crippen molar-refractivity contribution in [3.05, 3.63) is 78.5 Å². The number of aromatic nitrogens is 4. The predicted molar refractivity (Wildman–Crippen MR) is 111 cm³/mol. The van der Waals surface area contributed by atoms with E-state index in [0.29, 0.717) is 11.6 Å². The van der Waals surface area contributed by atoms with Gasteiger partial charge in [0.15, 0.2) is 0 Å². The molecule has 146 valence electrons. The van der Waals surface area contributed by atoms with Crippen molar-refractivity contribution in [3.63, 3.8) is 0 Å². The van der Waals surface area contributed by atoms with Gasteiger partial charge in [0, 0.05) is 30.4 Å². The third kappa shape index (κ3) is 3.40. The molecular weight excluding hydrogens is 364 g/mol. The lowest BCUT2D eigenvalue weighted by Gasteiger charge is -2.16. The van der Waals surface area contributed by atoms with Gasteiger partial charge < -0.3 is 9.72 Å². The van der Waals surface area contributed by atoms with Gasteiger partial charge in [-0.15, -0.1) is 0 Å². The summed E-state index contributed by atoms with van der Waals surface area (Å²) in [5, 5.41) is 7.20. The van der Waals surface area contributed by atoms with Gasteiger partial charge in [-0.3, -0.25) is 9.69 Å². The van der Waals surface area contributed by atoms with E-state index >= 15 is 0 Å². The van der Waals surface area contributed by atoms with Crippen LogP contribution in [-0.2, 0) is 0 Å². The van der Waals surface area contributed by atoms with E-state index in [4.69, 9.17) is 4.98 Å². The van der Waals surface area contributed by atoms with Crippen LogP contribution in [0.15, 0.2) is 67.3 Å². The van der Waals surface area contributed by atoms with Crippen LogP contribution in [0.5, 0.6) is 0 Å². The fourth-order valence-corrected chi connectivity index (χ4v) is 3.94. The zero-order chi connectivity index (χ0) is 19.8. The molecule has 3 aromatic heterocycles. The van der Waals surface area contributed by atoms with E-state index in [1.54, 1.807) is 16.9 Å². The minimum Gasteiger partial charge on any atom is -0.321 e. The first kappa shape index (κ1) is 17.6. The molecule has 0 radical (unpaired) electrons. The molecule has 0 saturated carbocycles. The number of hydrogen-bond acceptors (Lipinski definition) is 4. The number of fused-ring (bicyclic) bond motifs is 1. The molecule has 7 heteroatoms. The Hall–Kier alpha value is -3.45. The van der Waals surface area contributed by atoms with Gasteiger partial charge in [-0.1, -0.05) is 6.07 Å². The topological polar surface area (TPSA) is 67.5 Å². The van der Waals surface area contributed by atoms with Crippen LogP contribution in [0.2, 0.25) is 0 Å². The third-order valence-electron chi connectivity index (χ3n) is 5.47. The number of hydrogen-bond donors (Lipinski definition) is 1. The van der Waals surface area contributed by atoms with Crippen molar-refractivity contribution in [1.29, 1.82) is 0 Å². The van der Waals surface area contributed by atoms with Crippen molar-refractivity contribution >= 4 is 17.2 Å². The molecule has 1 fully saturated rings. The molecule has 0 spiro atoms. The van der Waals surface area contributed by atoms with Crippen molar-refractivity contribution in [2.75, 3.05) is 18.9 Å². The molecule has 1 aliphatic heterocycles. The average Bonchev–Trinajstić information content (AvgIpc) is 3.48. The molecule has 1 atom stereocenters. The van der Waals surface area contributed by atoms with E-state index in [-0.39, 0.29) is 5.91 Å². The SMILES string of the molecule is CN1CCCC1c1cn2cc(NC(=O)c3cccc(-n4cccn4)c3)ccc2n1. The highest BCUT2D eigenvalue weighted by Gasteiger charge is 2.24. The molecule has 1 aromatic carbocycles. The summed E-state index contributed by atoms with van der Waals surface area (Å²) in [7, 11) is 2.14. The molecule has 4 heterocycles. The summed E-state index contributed by atoms with van der Waals surface area (Å²) in [6, 6.07) is 13.5. The number of imidazole rings is 1. The maximum absolute atomic E-state index is 12.8. The van der Waals surface area contributed by atoms with Crippen molar-refractivity contribution < 1.29 is 4.79 Å². The first-order chi connectivity index (χ1) is 14.2. The number of nitrogens with one attached hydrogen (secondary N) is 1. The molecule has 0 aliphatic carbocycles. The Kier molecular flexibility index (Phi) is 4.37. The summed E-state index contributed by atoms with van der Waals surface area (Å²) in [5.74, 6) is -0.158. The Morgan fingerprint density at radius 3 is 2.90 bits per heavy atom. The highest BCUT2D eigenvalue weighted by atomic mass is 16.1. The molecule has 1 amide bonds. The standard InChI is InChI=1S/C22H22N6O/c1-26-11-3-7-20(26)19-15-27-14-17(8-9-21(27)25-19)24-22(29)16-5-2-6-18(13-16)28-12-4-10-23-28/h2,4-6,8-10,12-15,20H,3,7,11H2,1H3,(H,24,29). The smallest absolute Gasteiger partial charge is 0.255 e. The van der Waals surface area contributed by atoms with Gasteiger partial charge in [0.1, 0.15) is 5.65 Å². The Morgan fingerprint density at radius 2 is 2.10 bits per heavy atom. The van der Waals surface area contributed by atoms with Crippen LogP contribution in [0.3, 0.4) is 0 Å². The summed E-state index contributed by atoms with van der Waals surface area (Å²) in [4.78, 5) is 19.9. The van der Waals surface area contributed by atoms with Crippen LogP contribution in [0.1, 0.15) is 34.9 Å². The molecule has 1 saturated heterocycles. The first-order valence-corrected chi connectivity index (χ1v) is 9.78. The zero-order valence-electron chi connectivity index (χ0n) is 16.2. The van der Waals surface area contributed by atoms with E-state index < -0.39 is 0 Å².